The molecule has 0 amide bonds. The zero-order chi connectivity index (χ0) is 10.1. The lowest BCUT2D eigenvalue weighted by Gasteiger charge is -2.03. The van der Waals surface area contributed by atoms with Crippen molar-refractivity contribution in [2.75, 3.05) is 11.7 Å². The van der Waals surface area contributed by atoms with E-state index in [1.807, 2.05) is 0 Å². The van der Waals surface area contributed by atoms with Gasteiger partial charge in [0.15, 0.2) is 0 Å². The van der Waals surface area contributed by atoms with Crippen molar-refractivity contribution in [2.24, 2.45) is 0 Å². The van der Waals surface area contributed by atoms with Crippen LogP contribution < -0.4 is 5.73 Å². The largest absolute Gasteiger partial charge is 0.398 e. The topological polar surface area (TPSA) is 80.4 Å². The van der Waals surface area contributed by atoms with E-state index >= 15 is 0 Å². The molecule has 0 heterocycles. The van der Waals surface area contributed by atoms with Gasteiger partial charge in [0.1, 0.15) is 5.94 Å². The predicted molar refractivity (Wildman–Crippen MR) is 49.9 cm³/mol. The van der Waals surface area contributed by atoms with E-state index in [-0.39, 0.29) is 4.90 Å². The lowest BCUT2D eigenvalue weighted by atomic mass is 10.2. The summed E-state index contributed by atoms with van der Waals surface area (Å²) >= 11 is 0. The third-order valence-corrected chi connectivity index (χ3v) is 3.09. The number of aryl methyl sites for hydroxylation is 1. The maximum absolute atomic E-state index is 11.2. The van der Waals surface area contributed by atoms with Gasteiger partial charge in [-0.2, -0.15) is 0 Å². The molecular formula is C8H11NO3S. The summed E-state index contributed by atoms with van der Waals surface area (Å²) in [6, 6.07) is 4.38. The van der Waals surface area contributed by atoms with E-state index in [2.05, 4.69) is 0 Å². The lowest BCUT2D eigenvalue weighted by molar-refractivity contribution is 0.358. The first-order valence-electron chi connectivity index (χ1n) is 3.67. The van der Waals surface area contributed by atoms with E-state index in [0.717, 1.165) is 5.56 Å². The minimum Gasteiger partial charge on any atom is -0.398 e. The van der Waals surface area contributed by atoms with E-state index < -0.39 is 15.8 Å². The van der Waals surface area contributed by atoms with Crippen LogP contribution in [0.15, 0.2) is 23.1 Å². The molecule has 3 N–H and O–H groups in total. The van der Waals surface area contributed by atoms with Crippen molar-refractivity contribution in [3.8, 4) is 0 Å². The monoisotopic (exact) mass is 201 g/mol. The normalized spacial score (nSPS) is 11.5. The highest BCUT2D eigenvalue weighted by Gasteiger charge is 2.12. The molecule has 0 radical (unpaired) electrons. The fourth-order valence-corrected chi connectivity index (χ4v) is 1.62. The Labute approximate surface area is 76.9 Å². The molecule has 0 aromatic heterocycles. The van der Waals surface area contributed by atoms with Gasteiger partial charge in [0.25, 0.3) is 0 Å². The van der Waals surface area contributed by atoms with Gasteiger partial charge in [0.2, 0.25) is 9.84 Å². The van der Waals surface area contributed by atoms with Crippen molar-refractivity contribution in [3.05, 3.63) is 23.8 Å². The second-order valence-corrected chi connectivity index (χ2v) is 4.72. The van der Waals surface area contributed by atoms with Crippen LogP contribution >= 0.6 is 0 Å². The highest BCUT2D eigenvalue weighted by atomic mass is 32.2. The molecule has 0 spiro atoms. The Morgan fingerprint density at radius 3 is 2.54 bits per heavy atom. The van der Waals surface area contributed by atoms with Crippen LogP contribution in [0.4, 0.5) is 5.69 Å². The fraction of sp³-hybridized carbons (Fsp3) is 0.250. The summed E-state index contributed by atoms with van der Waals surface area (Å²) in [5.41, 5.74) is 6.75. The van der Waals surface area contributed by atoms with Crippen molar-refractivity contribution in [1.29, 1.82) is 0 Å². The van der Waals surface area contributed by atoms with Gasteiger partial charge in [-0.1, -0.05) is 6.07 Å². The number of hydrogen-bond donors (Lipinski definition) is 2. The van der Waals surface area contributed by atoms with Crippen molar-refractivity contribution in [1.82, 2.24) is 0 Å². The van der Waals surface area contributed by atoms with Crippen LogP contribution in [-0.2, 0) is 9.84 Å². The number of sulfone groups is 1. The molecule has 5 heteroatoms. The van der Waals surface area contributed by atoms with E-state index in [0.29, 0.717) is 5.69 Å². The third kappa shape index (κ3) is 1.99. The molecule has 4 nitrogen and oxygen atoms in total. The Morgan fingerprint density at radius 2 is 2.08 bits per heavy atom. The maximum atomic E-state index is 11.2. The zero-order valence-electron chi connectivity index (χ0n) is 7.19. The molecule has 0 bridgehead atoms. The molecule has 0 saturated carbocycles. The molecule has 0 atom stereocenters. The SMILES string of the molecule is Cc1ccc(S(=O)(=O)CO)cc1N. The minimum atomic E-state index is -3.56. The number of rotatable bonds is 2. The van der Waals surface area contributed by atoms with Gasteiger partial charge in [0, 0.05) is 5.69 Å². The summed E-state index contributed by atoms with van der Waals surface area (Å²) in [7, 11) is -3.56. The lowest BCUT2D eigenvalue weighted by Crippen LogP contribution is -2.06. The Kier molecular flexibility index (Phi) is 2.58. The van der Waals surface area contributed by atoms with Crippen LogP contribution in [0, 0.1) is 6.92 Å². The molecule has 1 aromatic carbocycles. The van der Waals surface area contributed by atoms with Crippen molar-refractivity contribution >= 4 is 15.5 Å². The number of hydrogen-bond acceptors (Lipinski definition) is 4. The van der Waals surface area contributed by atoms with Crippen LogP contribution in [-0.4, -0.2) is 19.5 Å². The predicted octanol–water partition coefficient (Wildman–Crippen LogP) is 0.301. The van der Waals surface area contributed by atoms with Gasteiger partial charge in [-0.3, -0.25) is 0 Å². The van der Waals surface area contributed by atoms with Crippen LogP contribution in [0.1, 0.15) is 5.56 Å². The zero-order valence-corrected chi connectivity index (χ0v) is 8.00. The molecule has 1 aromatic rings. The van der Waals surface area contributed by atoms with Crippen LogP contribution in [0.25, 0.3) is 0 Å². The van der Waals surface area contributed by atoms with Gasteiger partial charge in [-0.05, 0) is 24.6 Å². The van der Waals surface area contributed by atoms with Gasteiger partial charge >= 0.3 is 0 Å². The van der Waals surface area contributed by atoms with Crippen molar-refractivity contribution < 1.29 is 13.5 Å². The number of aliphatic hydroxyl groups excluding tert-OH is 1. The molecule has 0 unspecified atom stereocenters. The second kappa shape index (κ2) is 3.35. The Bertz CT molecular complexity index is 411. The summed E-state index contributed by atoms with van der Waals surface area (Å²) in [5.74, 6) is -0.893. The molecule has 0 fully saturated rings. The van der Waals surface area contributed by atoms with E-state index in [9.17, 15) is 8.42 Å². The standard InChI is InChI=1S/C8H11NO3S/c1-6-2-3-7(4-8(6)9)13(11,12)5-10/h2-4,10H,5,9H2,1H3. The molecule has 0 aliphatic heterocycles. The quantitative estimate of drug-likeness (QED) is 0.674. The first-order chi connectivity index (χ1) is 5.97. The number of benzene rings is 1. The average molecular weight is 201 g/mol. The van der Waals surface area contributed by atoms with E-state index in [4.69, 9.17) is 10.8 Å². The molecule has 0 saturated heterocycles. The van der Waals surface area contributed by atoms with Crippen molar-refractivity contribution in [2.45, 2.75) is 11.8 Å². The molecule has 0 aliphatic rings. The highest BCUT2D eigenvalue weighted by molar-refractivity contribution is 7.91. The molecule has 1 rings (SSSR count). The molecule has 13 heavy (non-hydrogen) atoms. The summed E-state index contributed by atoms with van der Waals surface area (Å²) in [6.07, 6.45) is 0. The van der Waals surface area contributed by atoms with Gasteiger partial charge in [0.05, 0.1) is 4.90 Å². The molecule has 72 valence electrons. The fourth-order valence-electron chi connectivity index (χ4n) is 0.887. The third-order valence-electron chi connectivity index (χ3n) is 1.78. The van der Waals surface area contributed by atoms with Gasteiger partial charge < -0.3 is 10.8 Å². The molecule has 0 aliphatic carbocycles. The summed E-state index contributed by atoms with van der Waals surface area (Å²) in [4.78, 5) is 0.0538. The van der Waals surface area contributed by atoms with Crippen LogP contribution in [0.5, 0.6) is 0 Å². The van der Waals surface area contributed by atoms with Crippen molar-refractivity contribution in [3.63, 3.8) is 0 Å². The number of nitrogen functional groups attached to an aromatic ring is 1. The van der Waals surface area contributed by atoms with Crippen LogP contribution in [0.2, 0.25) is 0 Å². The average Bonchev–Trinajstić information content (AvgIpc) is 2.09. The molecular weight excluding hydrogens is 190 g/mol. The van der Waals surface area contributed by atoms with E-state index in [1.165, 1.54) is 12.1 Å². The summed E-state index contributed by atoms with van der Waals surface area (Å²) in [6.45, 7) is 1.78. The summed E-state index contributed by atoms with van der Waals surface area (Å²) < 4.78 is 22.3. The van der Waals surface area contributed by atoms with Crippen LogP contribution in [0.3, 0.4) is 0 Å². The first-order valence-corrected chi connectivity index (χ1v) is 5.32. The first kappa shape index (κ1) is 10.0. The summed E-state index contributed by atoms with van der Waals surface area (Å²) in [5, 5.41) is 8.58. The minimum absolute atomic E-state index is 0.0538. The Morgan fingerprint density at radius 1 is 1.46 bits per heavy atom. The smallest absolute Gasteiger partial charge is 0.202 e. The van der Waals surface area contributed by atoms with E-state index in [1.54, 1.807) is 13.0 Å². The van der Waals surface area contributed by atoms with Gasteiger partial charge in [-0.25, -0.2) is 8.42 Å². The number of aliphatic hydroxyl groups is 1. The number of anilines is 1. The number of nitrogens with two attached hydrogens (primary N) is 1. The van der Waals surface area contributed by atoms with Gasteiger partial charge in [-0.15, -0.1) is 0 Å². The Hall–Kier alpha value is -1.07. The maximum Gasteiger partial charge on any atom is 0.202 e. The highest BCUT2D eigenvalue weighted by Crippen LogP contribution is 2.17. The second-order valence-electron chi connectivity index (χ2n) is 2.76. The Balaban J connectivity index is 3.27.